The van der Waals surface area contributed by atoms with E-state index in [1.54, 1.807) is 4.90 Å². The molecule has 2 N–H and O–H groups in total. The van der Waals surface area contributed by atoms with Crippen molar-refractivity contribution in [1.82, 2.24) is 4.90 Å². The summed E-state index contributed by atoms with van der Waals surface area (Å²) in [6.45, 7) is 4.67. The standard InChI is InChI=1S/C11H19N3O/c1-3-8(2)10(13)11(15)14-6-4-5-9(14)7-12/h8-10H,3-6,13H2,1-2H3/t8?,9?,10-/m0/s1. The van der Waals surface area contributed by atoms with E-state index in [9.17, 15) is 4.79 Å². The molecule has 2 unspecified atom stereocenters. The van der Waals surface area contributed by atoms with Crippen molar-refractivity contribution in [3.05, 3.63) is 0 Å². The zero-order chi connectivity index (χ0) is 11.4. The average Bonchev–Trinajstić information content (AvgIpc) is 2.73. The highest BCUT2D eigenvalue weighted by Crippen LogP contribution is 2.19. The van der Waals surface area contributed by atoms with Crippen LogP contribution in [0, 0.1) is 17.2 Å². The van der Waals surface area contributed by atoms with Crippen LogP contribution in [-0.2, 0) is 4.79 Å². The number of likely N-dealkylation sites (tertiary alicyclic amines) is 1. The van der Waals surface area contributed by atoms with Crippen LogP contribution >= 0.6 is 0 Å². The second kappa shape index (κ2) is 5.13. The number of nitrogens with two attached hydrogens (primary N) is 1. The number of carbonyl (C=O) groups is 1. The van der Waals surface area contributed by atoms with Gasteiger partial charge in [-0.1, -0.05) is 20.3 Å². The molecule has 1 fully saturated rings. The zero-order valence-corrected chi connectivity index (χ0v) is 9.44. The van der Waals surface area contributed by atoms with Crippen LogP contribution in [0.2, 0.25) is 0 Å². The second-order valence-corrected chi connectivity index (χ2v) is 4.23. The molecule has 1 heterocycles. The fourth-order valence-corrected chi connectivity index (χ4v) is 1.85. The molecule has 0 aromatic rings. The number of amides is 1. The summed E-state index contributed by atoms with van der Waals surface area (Å²) in [6.07, 6.45) is 2.59. The summed E-state index contributed by atoms with van der Waals surface area (Å²) in [5, 5.41) is 8.88. The van der Waals surface area contributed by atoms with Crippen LogP contribution in [0.25, 0.3) is 0 Å². The van der Waals surface area contributed by atoms with Gasteiger partial charge in [0.2, 0.25) is 5.91 Å². The van der Waals surface area contributed by atoms with E-state index >= 15 is 0 Å². The summed E-state index contributed by atoms with van der Waals surface area (Å²) in [4.78, 5) is 13.6. The molecule has 0 spiro atoms. The van der Waals surface area contributed by atoms with E-state index in [1.165, 1.54) is 0 Å². The summed E-state index contributed by atoms with van der Waals surface area (Å²) >= 11 is 0. The molecule has 0 aromatic carbocycles. The highest BCUT2D eigenvalue weighted by Gasteiger charge is 2.33. The Hall–Kier alpha value is -1.08. The van der Waals surface area contributed by atoms with Crippen LogP contribution in [0.4, 0.5) is 0 Å². The quantitative estimate of drug-likeness (QED) is 0.750. The van der Waals surface area contributed by atoms with Gasteiger partial charge in [-0.15, -0.1) is 0 Å². The maximum Gasteiger partial charge on any atom is 0.240 e. The number of nitrogens with zero attached hydrogens (tertiary/aromatic N) is 2. The lowest BCUT2D eigenvalue weighted by atomic mass is 9.99. The van der Waals surface area contributed by atoms with Crippen molar-refractivity contribution in [3.8, 4) is 6.07 Å². The van der Waals surface area contributed by atoms with Crippen molar-refractivity contribution < 1.29 is 4.79 Å². The lowest BCUT2D eigenvalue weighted by Crippen LogP contribution is -2.48. The van der Waals surface area contributed by atoms with Crippen molar-refractivity contribution in [3.63, 3.8) is 0 Å². The molecule has 1 rings (SSSR count). The number of hydrogen-bond acceptors (Lipinski definition) is 3. The Balaban J connectivity index is 2.64. The number of carbonyl (C=O) groups excluding carboxylic acids is 1. The van der Waals surface area contributed by atoms with Crippen LogP contribution < -0.4 is 5.73 Å². The third kappa shape index (κ3) is 2.48. The molecule has 15 heavy (non-hydrogen) atoms. The molecule has 4 heteroatoms. The molecule has 4 nitrogen and oxygen atoms in total. The number of hydrogen-bond donors (Lipinski definition) is 1. The van der Waals surface area contributed by atoms with Gasteiger partial charge in [0.25, 0.3) is 0 Å². The lowest BCUT2D eigenvalue weighted by Gasteiger charge is -2.26. The molecule has 1 saturated heterocycles. The Morgan fingerprint density at radius 3 is 2.93 bits per heavy atom. The highest BCUT2D eigenvalue weighted by atomic mass is 16.2. The first kappa shape index (κ1) is 12.0. The second-order valence-electron chi connectivity index (χ2n) is 4.23. The van der Waals surface area contributed by atoms with E-state index in [-0.39, 0.29) is 17.9 Å². The Morgan fingerprint density at radius 1 is 1.73 bits per heavy atom. The minimum Gasteiger partial charge on any atom is -0.325 e. The topological polar surface area (TPSA) is 70.1 Å². The Labute approximate surface area is 91.0 Å². The zero-order valence-electron chi connectivity index (χ0n) is 9.44. The van der Waals surface area contributed by atoms with Gasteiger partial charge in [0.1, 0.15) is 6.04 Å². The van der Waals surface area contributed by atoms with E-state index in [0.29, 0.717) is 6.54 Å². The van der Waals surface area contributed by atoms with Crippen molar-refractivity contribution >= 4 is 5.91 Å². The van der Waals surface area contributed by atoms with Crippen LogP contribution in [-0.4, -0.2) is 29.4 Å². The van der Waals surface area contributed by atoms with Crippen molar-refractivity contribution in [2.45, 2.75) is 45.2 Å². The van der Waals surface area contributed by atoms with Crippen molar-refractivity contribution in [2.75, 3.05) is 6.54 Å². The van der Waals surface area contributed by atoms with E-state index in [0.717, 1.165) is 19.3 Å². The van der Waals surface area contributed by atoms with Crippen LogP contribution in [0.5, 0.6) is 0 Å². The van der Waals surface area contributed by atoms with Gasteiger partial charge in [0, 0.05) is 6.54 Å². The average molecular weight is 209 g/mol. The monoisotopic (exact) mass is 209 g/mol. The summed E-state index contributed by atoms with van der Waals surface area (Å²) in [6, 6.07) is 1.44. The van der Waals surface area contributed by atoms with Gasteiger partial charge in [0.15, 0.2) is 0 Å². The fraction of sp³-hybridized carbons (Fsp3) is 0.818. The summed E-state index contributed by atoms with van der Waals surface area (Å²) in [7, 11) is 0. The first-order valence-electron chi connectivity index (χ1n) is 5.57. The molecule has 3 atom stereocenters. The van der Waals surface area contributed by atoms with Gasteiger partial charge in [-0.3, -0.25) is 4.79 Å². The maximum absolute atomic E-state index is 12.0. The molecule has 84 valence electrons. The molecule has 1 aliphatic rings. The summed E-state index contributed by atoms with van der Waals surface area (Å²) < 4.78 is 0. The lowest BCUT2D eigenvalue weighted by molar-refractivity contribution is -0.133. The minimum absolute atomic E-state index is 0.0617. The molecule has 0 aliphatic carbocycles. The Bertz CT molecular complexity index is 271. The van der Waals surface area contributed by atoms with Gasteiger partial charge >= 0.3 is 0 Å². The minimum atomic E-state index is -0.455. The smallest absolute Gasteiger partial charge is 0.240 e. The summed E-state index contributed by atoms with van der Waals surface area (Å²) in [5.74, 6) is 0.117. The van der Waals surface area contributed by atoms with Gasteiger partial charge in [-0.25, -0.2) is 0 Å². The van der Waals surface area contributed by atoms with E-state index in [1.807, 2.05) is 13.8 Å². The normalized spacial score (nSPS) is 24.7. The largest absolute Gasteiger partial charge is 0.325 e. The third-order valence-corrected chi connectivity index (χ3v) is 3.23. The summed E-state index contributed by atoms with van der Waals surface area (Å²) in [5.41, 5.74) is 5.87. The Morgan fingerprint density at radius 2 is 2.40 bits per heavy atom. The third-order valence-electron chi connectivity index (χ3n) is 3.23. The maximum atomic E-state index is 12.0. The molecular formula is C11H19N3O. The van der Waals surface area contributed by atoms with Gasteiger partial charge in [-0.2, -0.15) is 5.26 Å². The molecule has 0 saturated carbocycles. The Kier molecular flexibility index (Phi) is 4.10. The first-order chi connectivity index (χ1) is 7.11. The molecule has 0 radical (unpaired) electrons. The van der Waals surface area contributed by atoms with Gasteiger partial charge in [-0.05, 0) is 18.8 Å². The molecular weight excluding hydrogens is 190 g/mol. The van der Waals surface area contributed by atoms with E-state index < -0.39 is 6.04 Å². The molecule has 0 bridgehead atoms. The van der Waals surface area contributed by atoms with Crippen molar-refractivity contribution in [1.29, 1.82) is 5.26 Å². The molecule has 0 aromatic heterocycles. The van der Waals surface area contributed by atoms with Gasteiger partial charge < -0.3 is 10.6 Å². The van der Waals surface area contributed by atoms with Crippen LogP contribution in [0.1, 0.15) is 33.1 Å². The van der Waals surface area contributed by atoms with Gasteiger partial charge in [0.05, 0.1) is 12.1 Å². The predicted molar refractivity (Wildman–Crippen MR) is 57.8 cm³/mol. The van der Waals surface area contributed by atoms with Crippen molar-refractivity contribution in [2.24, 2.45) is 11.7 Å². The van der Waals surface area contributed by atoms with Crippen LogP contribution in [0.15, 0.2) is 0 Å². The fourth-order valence-electron chi connectivity index (χ4n) is 1.85. The molecule has 1 aliphatic heterocycles. The first-order valence-corrected chi connectivity index (χ1v) is 5.57. The number of nitriles is 1. The number of rotatable bonds is 3. The predicted octanol–water partition coefficient (Wildman–Crippen LogP) is 0.874. The SMILES string of the molecule is CCC(C)[C@H](N)C(=O)N1CCCC1C#N. The van der Waals surface area contributed by atoms with E-state index in [4.69, 9.17) is 11.0 Å². The highest BCUT2D eigenvalue weighted by molar-refractivity contribution is 5.82. The van der Waals surface area contributed by atoms with Crippen LogP contribution in [0.3, 0.4) is 0 Å². The molecule has 1 amide bonds. The van der Waals surface area contributed by atoms with E-state index in [2.05, 4.69) is 6.07 Å².